The van der Waals surface area contributed by atoms with Gasteiger partial charge in [-0.05, 0) is 32.1 Å². The highest BCUT2D eigenvalue weighted by molar-refractivity contribution is 7.52. The molecule has 0 fully saturated rings. The molecule has 2 aromatic rings. The highest BCUT2D eigenvalue weighted by atomic mass is 31.2. The summed E-state index contributed by atoms with van der Waals surface area (Å²) in [6, 6.07) is 3.68. The number of ether oxygens (including phenoxy) is 2. The molecule has 15 heteroatoms. The van der Waals surface area contributed by atoms with E-state index in [1.165, 1.54) is 36.7 Å². The van der Waals surface area contributed by atoms with Crippen molar-refractivity contribution in [3.8, 4) is 5.75 Å². The minimum atomic E-state index is -4.22. The second kappa shape index (κ2) is 10.8. The number of aryl methyl sites for hydroxylation is 1. The Morgan fingerprint density at radius 2 is 2.00 bits per heavy atom. The maximum absolute atomic E-state index is 13.4. The van der Waals surface area contributed by atoms with E-state index in [0.29, 0.717) is 5.56 Å². The molecule has 0 radical (unpaired) electrons. The number of aromatic nitrogens is 2. The van der Waals surface area contributed by atoms with Crippen molar-refractivity contribution in [3.63, 3.8) is 0 Å². The Hall–Kier alpha value is -3.58. The van der Waals surface area contributed by atoms with Gasteiger partial charge in [0.25, 0.3) is 11.2 Å². The number of non-ortho nitro benzene ring substituents is 1. The number of methoxy groups -OCH3 is 1. The number of benzene rings is 1. The van der Waals surface area contributed by atoms with Gasteiger partial charge in [0.1, 0.15) is 17.9 Å². The fourth-order valence-electron chi connectivity index (χ4n) is 3.01. The largest absolute Gasteiger partial charge is 0.468 e. The molecule has 4 unspecified atom stereocenters. The molecule has 0 saturated heterocycles. The first-order valence-electron chi connectivity index (χ1n) is 10.2. The molecule has 14 nitrogen and oxygen atoms in total. The molecule has 1 aromatic heterocycles. The Morgan fingerprint density at radius 1 is 1.31 bits per heavy atom. The summed E-state index contributed by atoms with van der Waals surface area (Å²) in [6.07, 6.45) is 2.87. The van der Waals surface area contributed by atoms with Crippen LogP contribution in [0.2, 0.25) is 0 Å². The SMILES string of the molecule is COC(=O)C(C)NP(=O)(OCC1C=CC(n2cc(C)c(=O)[nH]c2=O)O1)Oc1ccc([N+](=O)[O-])cc1. The third-order valence-electron chi connectivity index (χ3n) is 4.81. The zero-order valence-electron chi connectivity index (χ0n) is 18.9. The Balaban J connectivity index is 1.72. The fraction of sp³-hybridized carbons (Fsp3) is 0.350. The van der Waals surface area contributed by atoms with Gasteiger partial charge in [0.2, 0.25) is 0 Å². The molecular weight excluding hydrogens is 487 g/mol. The van der Waals surface area contributed by atoms with Gasteiger partial charge >= 0.3 is 19.4 Å². The summed E-state index contributed by atoms with van der Waals surface area (Å²) in [4.78, 5) is 47.9. The van der Waals surface area contributed by atoms with Gasteiger partial charge in [-0.3, -0.25) is 33.8 Å². The van der Waals surface area contributed by atoms with E-state index >= 15 is 0 Å². The first-order valence-corrected chi connectivity index (χ1v) is 11.8. The highest BCUT2D eigenvalue weighted by Crippen LogP contribution is 2.45. The topological polar surface area (TPSA) is 181 Å². The van der Waals surface area contributed by atoms with Crippen molar-refractivity contribution < 1.29 is 32.8 Å². The van der Waals surface area contributed by atoms with Gasteiger partial charge in [-0.15, -0.1) is 0 Å². The van der Waals surface area contributed by atoms with Crippen LogP contribution in [0.15, 0.2) is 52.2 Å². The summed E-state index contributed by atoms with van der Waals surface area (Å²) in [6.45, 7) is 2.61. The number of hydrogen-bond acceptors (Lipinski definition) is 10. The van der Waals surface area contributed by atoms with Crippen molar-refractivity contribution in [1.82, 2.24) is 14.6 Å². The van der Waals surface area contributed by atoms with Crippen LogP contribution in [0.4, 0.5) is 5.69 Å². The molecule has 0 spiro atoms. The average Bonchev–Trinajstić information content (AvgIpc) is 3.28. The molecule has 2 heterocycles. The molecule has 188 valence electrons. The summed E-state index contributed by atoms with van der Waals surface area (Å²) >= 11 is 0. The summed E-state index contributed by atoms with van der Waals surface area (Å²) in [7, 11) is -3.07. The standard InChI is InChI=1S/C20H23N4O10P/c1-12-10-23(20(27)21-18(12)25)17-9-8-16(33-17)11-32-35(30,22-13(2)19(26)31-3)34-15-6-4-14(5-7-15)24(28)29/h4-10,13,16-17H,11H2,1-3H3,(H,22,30)(H,21,25,27). The Labute approximate surface area is 198 Å². The molecule has 0 bridgehead atoms. The van der Waals surface area contributed by atoms with Crippen molar-refractivity contribution in [2.24, 2.45) is 0 Å². The van der Waals surface area contributed by atoms with Gasteiger partial charge in [-0.25, -0.2) is 9.36 Å². The zero-order valence-corrected chi connectivity index (χ0v) is 19.8. The molecule has 4 atom stereocenters. The quantitative estimate of drug-likeness (QED) is 0.156. The summed E-state index contributed by atoms with van der Waals surface area (Å²) in [5.41, 5.74) is -1.07. The third-order valence-corrected chi connectivity index (χ3v) is 6.46. The Kier molecular flexibility index (Phi) is 8.02. The van der Waals surface area contributed by atoms with Crippen LogP contribution in [-0.4, -0.2) is 46.3 Å². The molecule has 0 amide bonds. The second-order valence-electron chi connectivity index (χ2n) is 7.44. The smallest absolute Gasteiger partial charge is 0.459 e. The predicted molar refractivity (Wildman–Crippen MR) is 121 cm³/mol. The van der Waals surface area contributed by atoms with Crippen molar-refractivity contribution in [3.05, 3.63) is 79.1 Å². The lowest BCUT2D eigenvalue weighted by molar-refractivity contribution is -0.384. The molecule has 3 rings (SSSR count). The van der Waals surface area contributed by atoms with Gasteiger partial charge in [0.15, 0.2) is 6.23 Å². The van der Waals surface area contributed by atoms with E-state index in [2.05, 4.69) is 14.8 Å². The summed E-state index contributed by atoms with van der Waals surface area (Å²) in [5.74, 6) is -0.745. The van der Waals surface area contributed by atoms with E-state index in [0.717, 1.165) is 19.2 Å². The number of carbonyl (C=O) groups excluding carboxylic acids is 1. The lowest BCUT2D eigenvalue weighted by atomic mass is 10.3. The molecule has 2 N–H and O–H groups in total. The maximum atomic E-state index is 13.4. The van der Waals surface area contributed by atoms with Gasteiger partial charge in [0, 0.05) is 23.9 Å². The van der Waals surface area contributed by atoms with Crippen LogP contribution in [0.3, 0.4) is 0 Å². The van der Waals surface area contributed by atoms with E-state index < -0.39 is 48.3 Å². The van der Waals surface area contributed by atoms with Gasteiger partial charge in [-0.2, -0.15) is 5.09 Å². The van der Waals surface area contributed by atoms with Crippen LogP contribution in [-0.2, 0) is 23.4 Å². The minimum Gasteiger partial charge on any atom is -0.468 e. The van der Waals surface area contributed by atoms with Crippen LogP contribution in [0.5, 0.6) is 5.75 Å². The second-order valence-corrected chi connectivity index (χ2v) is 9.13. The van der Waals surface area contributed by atoms with E-state index in [1.54, 1.807) is 12.2 Å². The lowest BCUT2D eigenvalue weighted by Gasteiger charge is -2.24. The number of H-pyrrole nitrogens is 1. The number of nitro groups is 1. The minimum absolute atomic E-state index is 0.0143. The maximum Gasteiger partial charge on any atom is 0.459 e. The lowest BCUT2D eigenvalue weighted by Crippen LogP contribution is -2.35. The van der Waals surface area contributed by atoms with Crippen molar-refractivity contribution in [2.75, 3.05) is 13.7 Å². The van der Waals surface area contributed by atoms with Crippen LogP contribution >= 0.6 is 7.75 Å². The van der Waals surface area contributed by atoms with Crippen LogP contribution in [0.25, 0.3) is 0 Å². The molecule has 1 aromatic carbocycles. The van der Waals surface area contributed by atoms with Gasteiger partial charge in [0.05, 0.1) is 18.6 Å². The number of esters is 1. The van der Waals surface area contributed by atoms with Crippen LogP contribution in [0, 0.1) is 17.0 Å². The highest BCUT2D eigenvalue weighted by Gasteiger charge is 2.34. The van der Waals surface area contributed by atoms with E-state index in [4.69, 9.17) is 13.8 Å². The number of nitrogens with one attached hydrogen (secondary N) is 2. The van der Waals surface area contributed by atoms with Gasteiger partial charge < -0.3 is 14.0 Å². The zero-order chi connectivity index (χ0) is 25.8. The van der Waals surface area contributed by atoms with E-state index in [9.17, 15) is 29.1 Å². The molecular formula is C20H23N4O10P. The normalized spacial score (nSPS) is 19.6. The van der Waals surface area contributed by atoms with Crippen LogP contribution in [0.1, 0.15) is 18.7 Å². The molecule has 1 aliphatic rings. The number of aromatic amines is 1. The summed E-state index contributed by atoms with van der Waals surface area (Å²) < 4.78 is 35.8. The van der Waals surface area contributed by atoms with Crippen molar-refractivity contribution >= 4 is 19.4 Å². The number of nitro benzene ring substituents is 1. The van der Waals surface area contributed by atoms with Crippen LogP contribution < -0.4 is 20.9 Å². The average molecular weight is 510 g/mol. The molecule has 35 heavy (non-hydrogen) atoms. The first-order chi connectivity index (χ1) is 16.5. The number of nitrogens with zero attached hydrogens (tertiary/aromatic N) is 2. The monoisotopic (exact) mass is 510 g/mol. The number of rotatable bonds is 10. The molecule has 1 aliphatic heterocycles. The number of carbonyl (C=O) groups is 1. The predicted octanol–water partition coefficient (Wildman–Crippen LogP) is 1.56. The molecule has 0 saturated carbocycles. The van der Waals surface area contributed by atoms with E-state index in [1.807, 2.05) is 0 Å². The van der Waals surface area contributed by atoms with E-state index in [-0.39, 0.29) is 18.0 Å². The summed E-state index contributed by atoms with van der Waals surface area (Å²) in [5, 5.41) is 13.3. The fourth-order valence-corrected chi connectivity index (χ4v) is 4.51. The third kappa shape index (κ3) is 6.51. The Morgan fingerprint density at radius 3 is 2.63 bits per heavy atom. The molecule has 0 aliphatic carbocycles. The number of hydrogen-bond donors (Lipinski definition) is 2. The first kappa shape index (κ1) is 26.0. The van der Waals surface area contributed by atoms with Crippen molar-refractivity contribution in [1.29, 1.82) is 0 Å². The van der Waals surface area contributed by atoms with Gasteiger partial charge in [-0.1, -0.05) is 6.08 Å². The van der Waals surface area contributed by atoms with Crippen molar-refractivity contribution in [2.45, 2.75) is 32.2 Å². The Bertz CT molecular complexity index is 1290.